The monoisotopic (exact) mass is 729 g/mol. The van der Waals surface area contributed by atoms with Crippen LogP contribution in [0.1, 0.15) is 77.6 Å². The number of hydrogen-bond acceptors (Lipinski definition) is 8. The minimum absolute atomic E-state index is 0.0874. The van der Waals surface area contributed by atoms with Gasteiger partial charge in [-0.25, -0.2) is 15.1 Å². The molecular weight excluding hydrogens is 687 g/mol. The number of benzene rings is 5. The van der Waals surface area contributed by atoms with Crippen molar-refractivity contribution in [3.05, 3.63) is 183 Å². The molecule has 0 aliphatic heterocycles. The lowest BCUT2D eigenvalue weighted by Crippen LogP contribution is -2.38. The number of esters is 2. The van der Waals surface area contributed by atoms with Crippen LogP contribution in [0.3, 0.4) is 0 Å². The predicted octanol–water partition coefficient (Wildman–Crippen LogP) is 8.85. The average Bonchev–Trinajstić information content (AvgIpc) is 3.22. The van der Waals surface area contributed by atoms with Gasteiger partial charge in [0.05, 0.1) is 11.1 Å². The van der Waals surface area contributed by atoms with Crippen LogP contribution in [-0.4, -0.2) is 44.4 Å². The Morgan fingerprint density at radius 3 is 1.60 bits per heavy atom. The van der Waals surface area contributed by atoms with Gasteiger partial charge in [-0.1, -0.05) is 95.8 Å². The SMILES string of the molecule is C#Cc1ccc(C(c2ccc(C#C)cc2)c2ccc(/C(=C/NCCC(OC(=O)c3ccc(C)cc3)C(COC(=O)c3ccc(C)cc3)OC)N=N)cc2)cc1. The molecule has 8 heteroatoms. The molecule has 0 radical (unpaired) electrons. The summed E-state index contributed by atoms with van der Waals surface area (Å²) < 4.78 is 17.2. The molecule has 2 N–H and O–H groups in total. The largest absolute Gasteiger partial charge is 0.459 e. The van der Waals surface area contributed by atoms with Gasteiger partial charge in [-0.15, -0.1) is 12.8 Å². The maximum atomic E-state index is 13.2. The second-order valence-corrected chi connectivity index (χ2v) is 13.0. The second kappa shape index (κ2) is 19.4. The van der Waals surface area contributed by atoms with Crippen LogP contribution in [0.15, 0.2) is 133 Å². The Hall–Kier alpha value is -6.74. The number of nitrogens with zero attached hydrogens (tertiary/aromatic N) is 1. The van der Waals surface area contributed by atoms with E-state index in [1.807, 2.05) is 111 Å². The van der Waals surface area contributed by atoms with E-state index < -0.39 is 24.1 Å². The molecule has 0 aliphatic carbocycles. The third-order valence-electron chi connectivity index (χ3n) is 9.22. The Kier molecular flexibility index (Phi) is 13.9. The van der Waals surface area contributed by atoms with Gasteiger partial charge in [-0.2, -0.15) is 5.11 Å². The molecule has 5 rings (SSSR count). The summed E-state index contributed by atoms with van der Waals surface area (Å²) in [6, 6.07) is 37.9. The first-order valence-corrected chi connectivity index (χ1v) is 17.8. The number of rotatable bonds is 16. The molecule has 0 heterocycles. The maximum absolute atomic E-state index is 13.2. The molecule has 0 amide bonds. The highest BCUT2D eigenvalue weighted by atomic mass is 16.6. The Balaban J connectivity index is 1.30. The van der Waals surface area contributed by atoms with E-state index in [1.165, 1.54) is 7.11 Å². The molecule has 276 valence electrons. The third kappa shape index (κ3) is 10.7. The highest BCUT2D eigenvalue weighted by Crippen LogP contribution is 2.33. The van der Waals surface area contributed by atoms with Crippen molar-refractivity contribution in [3.8, 4) is 24.7 Å². The summed E-state index contributed by atoms with van der Waals surface area (Å²) in [5, 5.41) is 6.99. The van der Waals surface area contributed by atoms with Crippen LogP contribution < -0.4 is 5.32 Å². The van der Waals surface area contributed by atoms with E-state index in [1.54, 1.807) is 30.5 Å². The fourth-order valence-corrected chi connectivity index (χ4v) is 6.02. The van der Waals surface area contributed by atoms with Crippen molar-refractivity contribution in [3.63, 3.8) is 0 Å². The van der Waals surface area contributed by atoms with E-state index >= 15 is 0 Å². The van der Waals surface area contributed by atoms with Gasteiger partial charge in [-0.05, 0) is 79.1 Å². The third-order valence-corrected chi connectivity index (χ3v) is 9.22. The maximum Gasteiger partial charge on any atom is 0.338 e. The van der Waals surface area contributed by atoms with Crippen LogP contribution >= 0.6 is 0 Å². The molecule has 2 unspecified atom stereocenters. The van der Waals surface area contributed by atoms with Crippen molar-refractivity contribution in [2.24, 2.45) is 5.11 Å². The van der Waals surface area contributed by atoms with Crippen LogP contribution in [0.25, 0.3) is 5.70 Å². The molecule has 0 bridgehead atoms. The minimum atomic E-state index is -0.775. The van der Waals surface area contributed by atoms with Crippen molar-refractivity contribution in [2.45, 2.75) is 38.4 Å². The van der Waals surface area contributed by atoms with Crippen LogP contribution in [0.4, 0.5) is 0 Å². The summed E-state index contributed by atoms with van der Waals surface area (Å²) in [6.45, 7) is 4.07. The fourth-order valence-electron chi connectivity index (χ4n) is 6.02. The summed E-state index contributed by atoms with van der Waals surface area (Å²) in [5.41, 5.74) is 16.7. The lowest BCUT2D eigenvalue weighted by molar-refractivity contribution is -0.0630. The van der Waals surface area contributed by atoms with Crippen molar-refractivity contribution in [1.82, 2.24) is 5.32 Å². The number of nitrogens with one attached hydrogen (secondary N) is 2. The number of ether oxygens (including phenoxy) is 3. The molecule has 5 aromatic rings. The Morgan fingerprint density at radius 2 is 1.15 bits per heavy atom. The van der Waals surface area contributed by atoms with Gasteiger partial charge in [-0.3, -0.25) is 0 Å². The molecule has 0 spiro atoms. The molecular formula is C47H43N3O5. The van der Waals surface area contributed by atoms with Crippen molar-refractivity contribution in [2.75, 3.05) is 20.3 Å². The second-order valence-electron chi connectivity index (χ2n) is 13.0. The number of carbonyl (C=O) groups is 2. The van der Waals surface area contributed by atoms with Crippen molar-refractivity contribution in [1.29, 1.82) is 5.53 Å². The molecule has 0 aromatic heterocycles. The summed E-state index contributed by atoms with van der Waals surface area (Å²) >= 11 is 0. The van der Waals surface area contributed by atoms with Crippen molar-refractivity contribution >= 4 is 17.6 Å². The zero-order valence-corrected chi connectivity index (χ0v) is 31.1. The van der Waals surface area contributed by atoms with Gasteiger partial charge in [0, 0.05) is 48.9 Å². The van der Waals surface area contributed by atoms with Gasteiger partial charge in [0.1, 0.15) is 24.5 Å². The predicted molar refractivity (Wildman–Crippen MR) is 215 cm³/mol. The van der Waals surface area contributed by atoms with Crippen molar-refractivity contribution < 1.29 is 23.8 Å². The summed E-state index contributed by atoms with van der Waals surface area (Å²) in [7, 11) is 1.48. The number of hydrogen-bond donors (Lipinski definition) is 2. The first kappa shape index (κ1) is 39.5. The Labute approximate surface area is 323 Å². The lowest BCUT2D eigenvalue weighted by Gasteiger charge is -2.26. The molecule has 0 saturated carbocycles. The number of methoxy groups -OCH3 is 1. The van der Waals surface area contributed by atoms with Crippen LogP contribution in [0.5, 0.6) is 0 Å². The van der Waals surface area contributed by atoms with E-state index in [-0.39, 0.29) is 12.5 Å². The van der Waals surface area contributed by atoms with Gasteiger partial charge in [0.15, 0.2) is 0 Å². The van der Waals surface area contributed by atoms with E-state index in [0.29, 0.717) is 29.8 Å². The van der Waals surface area contributed by atoms with E-state index in [9.17, 15) is 9.59 Å². The highest BCUT2D eigenvalue weighted by molar-refractivity contribution is 5.90. The summed E-state index contributed by atoms with van der Waals surface area (Å²) in [5.74, 6) is 4.23. The molecule has 8 nitrogen and oxygen atoms in total. The topological polar surface area (TPSA) is 110 Å². The average molecular weight is 730 g/mol. The molecule has 55 heavy (non-hydrogen) atoms. The highest BCUT2D eigenvalue weighted by Gasteiger charge is 2.27. The number of terminal acetylenes is 2. The van der Waals surface area contributed by atoms with E-state index in [2.05, 4.69) is 22.3 Å². The summed E-state index contributed by atoms with van der Waals surface area (Å²) in [4.78, 5) is 26.0. The van der Waals surface area contributed by atoms with Gasteiger partial charge in [0.2, 0.25) is 0 Å². The molecule has 0 saturated heterocycles. The van der Waals surface area contributed by atoms with E-state index in [4.69, 9.17) is 32.6 Å². The molecule has 2 atom stereocenters. The lowest BCUT2D eigenvalue weighted by atomic mass is 9.84. The zero-order valence-electron chi connectivity index (χ0n) is 31.1. The fraction of sp³-hybridized carbons (Fsp3) is 0.191. The molecule has 0 fully saturated rings. The van der Waals surface area contributed by atoms with E-state index in [0.717, 1.165) is 44.5 Å². The number of carbonyl (C=O) groups excluding carboxylic acids is 2. The van der Waals surface area contributed by atoms with Gasteiger partial charge >= 0.3 is 11.9 Å². The smallest absolute Gasteiger partial charge is 0.338 e. The van der Waals surface area contributed by atoms with Gasteiger partial charge < -0.3 is 19.5 Å². The van der Waals surface area contributed by atoms with Crippen LogP contribution in [-0.2, 0) is 14.2 Å². The number of aryl methyl sites for hydroxylation is 2. The minimum Gasteiger partial charge on any atom is -0.459 e. The standard InChI is InChI=1S/C47H43N3O5/c1-6-34-12-20-37(21-13-34)45(38-22-14-35(7-2)15-23-38)39-26-24-36(25-27-39)42(50-48)30-49-29-28-43(55-47(52)41-18-10-33(4)11-19-41)44(53-5)31-54-46(51)40-16-8-32(3)9-17-40/h1-2,8-27,30,43-45,48-49H,28-29,31H2,3-5H3/b42-30-,50-48?. The first-order valence-electron chi connectivity index (χ1n) is 17.8. The van der Waals surface area contributed by atoms with Crippen LogP contribution in [0, 0.1) is 44.1 Å². The molecule has 5 aromatic carbocycles. The Morgan fingerprint density at radius 1 is 0.691 bits per heavy atom. The normalized spacial score (nSPS) is 12.1. The van der Waals surface area contributed by atoms with Crippen LogP contribution in [0.2, 0.25) is 0 Å². The quantitative estimate of drug-likeness (QED) is 0.0345. The Bertz CT molecular complexity index is 2120. The first-order chi connectivity index (χ1) is 26.7. The molecule has 0 aliphatic rings. The zero-order chi connectivity index (χ0) is 39.2. The van der Waals surface area contributed by atoms with Gasteiger partial charge in [0.25, 0.3) is 0 Å². The summed E-state index contributed by atoms with van der Waals surface area (Å²) in [6.07, 6.45) is 11.6.